The van der Waals surface area contributed by atoms with E-state index in [1.54, 1.807) is 20.3 Å². The Bertz CT molecular complexity index is 827. The fourth-order valence-corrected chi connectivity index (χ4v) is 3.71. The van der Waals surface area contributed by atoms with Gasteiger partial charge in [-0.3, -0.25) is 0 Å². The summed E-state index contributed by atoms with van der Waals surface area (Å²) in [5.41, 5.74) is 6.56. The molecule has 0 aliphatic heterocycles. The first kappa shape index (κ1) is 18.5. The molecule has 1 aromatic carbocycles. The Morgan fingerprint density at radius 1 is 1.21 bits per heavy atom. The molecule has 3 N–H and O–H groups in total. The monoisotopic (exact) mass is 415 g/mol. The number of nitrogens with one attached hydrogen (secondary N) is 1. The van der Waals surface area contributed by atoms with Gasteiger partial charge in [-0.15, -0.1) is 0 Å². The van der Waals surface area contributed by atoms with Crippen LogP contribution in [0.2, 0.25) is 0 Å². The number of ether oxygens (including phenoxy) is 2. The van der Waals surface area contributed by atoms with Gasteiger partial charge in [0.2, 0.25) is 10.0 Å². The maximum atomic E-state index is 12.3. The molecule has 7 nitrogen and oxygen atoms in total. The minimum Gasteiger partial charge on any atom is -0.493 e. The first-order valence-corrected chi connectivity index (χ1v) is 9.26. The lowest BCUT2D eigenvalue weighted by molar-refractivity contribution is 0.354. The molecule has 0 unspecified atom stereocenters. The largest absolute Gasteiger partial charge is 0.493 e. The van der Waals surface area contributed by atoms with Crippen molar-refractivity contribution in [3.05, 3.63) is 40.5 Å². The third kappa shape index (κ3) is 4.37. The number of methoxy groups -OCH3 is 2. The van der Waals surface area contributed by atoms with Crippen molar-refractivity contribution in [2.45, 2.75) is 11.3 Å². The molecule has 0 bridgehead atoms. The lowest BCUT2D eigenvalue weighted by atomic mass is 10.1. The van der Waals surface area contributed by atoms with E-state index < -0.39 is 10.0 Å². The van der Waals surface area contributed by atoms with Gasteiger partial charge in [0.05, 0.1) is 14.2 Å². The topological polar surface area (TPSA) is 104 Å². The van der Waals surface area contributed by atoms with E-state index in [4.69, 9.17) is 15.2 Å². The van der Waals surface area contributed by atoms with Crippen molar-refractivity contribution >= 4 is 31.8 Å². The van der Waals surface area contributed by atoms with Crippen LogP contribution in [0, 0.1) is 0 Å². The zero-order valence-electron chi connectivity index (χ0n) is 13.2. The number of nitrogens with two attached hydrogens (primary N) is 1. The van der Waals surface area contributed by atoms with Gasteiger partial charge in [-0.1, -0.05) is 6.07 Å². The second kappa shape index (κ2) is 7.82. The molecule has 0 aliphatic rings. The molecule has 1 aromatic heterocycles. The fourth-order valence-electron chi connectivity index (χ4n) is 2.09. The van der Waals surface area contributed by atoms with Crippen molar-refractivity contribution in [2.75, 3.05) is 26.5 Å². The minimum absolute atomic E-state index is 0.0446. The molecule has 0 amide bonds. The van der Waals surface area contributed by atoms with Gasteiger partial charge in [0.25, 0.3) is 0 Å². The Balaban J connectivity index is 2.07. The van der Waals surface area contributed by atoms with Crippen LogP contribution >= 0.6 is 15.9 Å². The van der Waals surface area contributed by atoms with Crippen LogP contribution in [0.3, 0.4) is 0 Å². The van der Waals surface area contributed by atoms with Crippen molar-refractivity contribution in [3.63, 3.8) is 0 Å². The highest BCUT2D eigenvalue weighted by molar-refractivity contribution is 9.10. The van der Waals surface area contributed by atoms with Gasteiger partial charge < -0.3 is 15.2 Å². The quantitative estimate of drug-likeness (QED) is 0.716. The maximum absolute atomic E-state index is 12.3. The zero-order valence-corrected chi connectivity index (χ0v) is 15.6. The molecule has 130 valence electrons. The Morgan fingerprint density at radius 2 is 1.92 bits per heavy atom. The first-order chi connectivity index (χ1) is 11.4. The summed E-state index contributed by atoms with van der Waals surface area (Å²) in [7, 11) is -0.629. The molecule has 0 saturated carbocycles. The van der Waals surface area contributed by atoms with Gasteiger partial charge in [-0.2, -0.15) is 0 Å². The van der Waals surface area contributed by atoms with Crippen LogP contribution < -0.4 is 19.9 Å². The molecule has 0 spiro atoms. The number of sulfonamides is 1. The van der Waals surface area contributed by atoms with Gasteiger partial charge in [-0.25, -0.2) is 18.1 Å². The fraction of sp³-hybridized carbons (Fsp3) is 0.267. The van der Waals surface area contributed by atoms with Gasteiger partial charge >= 0.3 is 0 Å². The standard InChI is InChI=1S/C15H18BrN3O4S/c1-22-12-4-3-10(7-13(12)23-2)5-6-19-24(20,21)14-8-11(16)9-18-15(14)17/h3-4,7-9,19H,5-6H2,1-2H3,(H2,17,18). The molecule has 0 saturated heterocycles. The number of hydrogen-bond donors (Lipinski definition) is 2. The average molecular weight is 416 g/mol. The summed E-state index contributed by atoms with van der Waals surface area (Å²) in [4.78, 5) is 3.78. The predicted molar refractivity (Wildman–Crippen MR) is 94.8 cm³/mol. The summed E-state index contributed by atoms with van der Waals surface area (Å²) in [6.07, 6.45) is 1.93. The highest BCUT2D eigenvalue weighted by atomic mass is 79.9. The molecular weight excluding hydrogens is 398 g/mol. The second-order valence-electron chi connectivity index (χ2n) is 4.87. The molecule has 0 aliphatic carbocycles. The van der Waals surface area contributed by atoms with Gasteiger partial charge in [0.15, 0.2) is 11.5 Å². The number of anilines is 1. The number of nitrogen functional groups attached to an aromatic ring is 1. The first-order valence-electron chi connectivity index (χ1n) is 6.99. The zero-order chi connectivity index (χ0) is 17.7. The third-order valence-corrected chi connectivity index (χ3v) is 5.22. The SMILES string of the molecule is COc1ccc(CCNS(=O)(=O)c2cc(Br)cnc2N)cc1OC. The van der Waals surface area contributed by atoms with Crippen LogP contribution in [0.4, 0.5) is 5.82 Å². The minimum atomic E-state index is -3.74. The van der Waals surface area contributed by atoms with Gasteiger partial charge in [0, 0.05) is 17.2 Å². The van der Waals surface area contributed by atoms with Crippen LogP contribution in [-0.4, -0.2) is 34.2 Å². The number of hydrogen-bond acceptors (Lipinski definition) is 6. The molecule has 24 heavy (non-hydrogen) atoms. The molecule has 0 atom stereocenters. The molecule has 9 heteroatoms. The van der Waals surface area contributed by atoms with Crippen molar-refractivity contribution in [3.8, 4) is 11.5 Å². The van der Waals surface area contributed by atoms with Crippen molar-refractivity contribution in [1.82, 2.24) is 9.71 Å². The van der Waals surface area contributed by atoms with Crippen LogP contribution in [0.5, 0.6) is 11.5 Å². The maximum Gasteiger partial charge on any atom is 0.244 e. The smallest absolute Gasteiger partial charge is 0.244 e. The van der Waals surface area contributed by atoms with Crippen LogP contribution in [0.25, 0.3) is 0 Å². The highest BCUT2D eigenvalue weighted by Gasteiger charge is 2.18. The number of nitrogens with zero attached hydrogens (tertiary/aromatic N) is 1. The summed E-state index contributed by atoms with van der Waals surface area (Å²) in [6, 6.07) is 6.85. The average Bonchev–Trinajstić information content (AvgIpc) is 2.56. The van der Waals surface area contributed by atoms with E-state index in [-0.39, 0.29) is 17.3 Å². The number of benzene rings is 1. The van der Waals surface area contributed by atoms with Crippen LogP contribution in [0.1, 0.15) is 5.56 Å². The molecule has 0 fully saturated rings. The van der Waals surface area contributed by atoms with Crippen LogP contribution in [0.15, 0.2) is 39.8 Å². The van der Waals surface area contributed by atoms with E-state index in [0.29, 0.717) is 22.4 Å². The summed E-state index contributed by atoms with van der Waals surface area (Å²) in [6.45, 7) is 0.212. The normalized spacial score (nSPS) is 11.3. The van der Waals surface area contributed by atoms with E-state index >= 15 is 0 Å². The Kier molecular flexibility index (Phi) is 6.03. The lowest BCUT2D eigenvalue weighted by Crippen LogP contribution is -2.27. The summed E-state index contributed by atoms with van der Waals surface area (Å²) in [5, 5.41) is 0. The lowest BCUT2D eigenvalue weighted by Gasteiger charge is -2.11. The van der Waals surface area contributed by atoms with Crippen molar-refractivity contribution in [1.29, 1.82) is 0 Å². The Labute approximate surface area is 149 Å². The highest BCUT2D eigenvalue weighted by Crippen LogP contribution is 2.27. The van der Waals surface area contributed by atoms with Gasteiger partial charge in [0.1, 0.15) is 10.7 Å². The van der Waals surface area contributed by atoms with Crippen LogP contribution in [-0.2, 0) is 16.4 Å². The van der Waals surface area contributed by atoms with E-state index in [9.17, 15) is 8.42 Å². The van der Waals surface area contributed by atoms with E-state index in [2.05, 4.69) is 25.6 Å². The van der Waals surface area contributed by atoms with E-state index in [1.165, 1.54) is 12.3 Å². The number of aromatic nitrogens is 1. The van der Waals surface area contributed by atoms with E-state index in [0.717, 1.165) is 5.56 Å². The Hall–Kier alpha value is -1.84. The number of rotatable bonds is 7. The summed E-state index contributed by atoms with van der Waals surface area (Å²) >= 11 is 3.19. The second-order valence-corrected chi connectivity index (χ2v) is 7.53. The number of pyridine rings is 1. The molecule has 0 radical (unpaired) electrons. The predicted octanol–water partition coefficient (Wildman–Crippen LogP) is 1.96. The van der Waals surface area contributed by atoms with E-state index in [1.807, 2.05) is 12.1 Å². The van der Waals surface area contributed by atoms with Crippen molar-refractivity contribution < 1.29 is 17.9 Å². The Morgan fingerprint density at radius 3 is 2.58 bits per heavy atom. The number of halogens is 1. The molecule has 2 rings (SSSR count). The van der Waals surface area contributed by atoms with Gasteiger partial charge in [-0.05, 0) is 46.1 Å². The summed E-state index contributed by atoms with van der Waals surface area (Å²) < 4.78 is 38.1. The molecule has 1 heterocycles. The third-order valence-electron chi connectivity index (χ3n) is 3.29. The molecule has 2 aromatic rings. The summed E-state index contributed by atoms with van der Waals surface area (Å²) in [5.74, 6) is 1.17. The van der Waals surface area contributed by atoms with Crippen molar-refractivity contribution in [2.24, 2.45) is 0 Å². The molecular formula is C15H18BrN3O4S.